The average Bonchev–Trinajstić information content (AvgIpc) is 2.63. The minimum atomic E-state index is 0.622. The zero-order chi connectivity index (χ0) is 12.0. The van der Waals surface area contributed by atoms with E-state index in [1.807, 2.05) is 19.4 Å². The van der Waals surface area contributed by atoms with Gasteiger partial charge in [0.15, 0.2) is 0 Å². The molecule has 0 aliphatic heterocycles. The number of hydrogen-bond donors (Lipinski definition) is 1. The zero-order valence-electron chi connectivity index (χ0n) is 10.9. The third kappa shape index (κ3) is 4.33. The molecule has 16 heavy (non-hydrogen) atoms. The van der Waals surface area contributed by atoms with Crippen LogP contribution in [-0.4, -0.2) is 47.2 Å². The summed E-state index contributed by atoms with van der Waals surface area (Å²) in [6.07, 6.45) is 4.83. The number of nitrogens with zero attached hydrogens (tertiary/aromatic N) is 3. The summed E-state index contributed by atoms with van der Waals surface area (Å²) < 4.78 is 2.07. The van der Waals surface area contributed by atoms with Gasteiger partial charge in [-0.1, -0.05) is 0 Å². The summed E-state index contributed by atoms with van der Waals surface area (Å²) in [4.78, 5) is 6.63. The molecule has 0 bridgehead atoms. The summed E-state index contributed by atoms with van der Waals surface area (Å²) in [6.45, 7) is 7.57. The second-order valence-electron chi connectivity index (χ2n) is 4.53. The molecule has 0 unspecified atom stereocenters. The van der Waals surface area contributed by atoms with Crippen molar-refractivity contribution in [1.82, 2.24) is 19.8 Å². The molecule has 0 amide bonds. The number of aryl methyl sites for hydroxylation is 1. The molecule has 0 spiro atoms. The van der Waals surface area contributed by atoms with E-state index in [2.05, 4.69) is 40.7 Å². The fourth-order valence-electron chi connectivity index (χ4n) is 1.48. The smallest absolute Gasteiger partial charge is 0.109 e. The van der Waals surface area contributed by atoms with E-state index in [9.17, 15) is 0 Å². The standard InChI is InChI=1S/C12H24N4/c1-11(2)15(3)9-7-13-6-5-12-14-8-10-16(12)4/h8,10-11,13H,5-7,9H2,1-4H3. The number of rotatable bonds is 7. The highest BCUT2D eigenvalue weighted by molar-refractivity contribution is 4.91. The number of imidazole rings is 1. The topological polar surface area (TPSA) is 33.1 Å². The average molecular weight is 224 g/mol. The van der Waals surface area contributed by atoms with Crippen LogP contribution in [0.2, 0.25) is 0 Å². The molecule has 1 aromatic rings. The number of likely N-dealkylation sites (N-methyl/N-ethyl adjacent to an activating group) is 1. The lowest BCUT2D eigenvalue weighted by atomic mass is 10.3. The summed E-state index contributed by atoms with van der Waals surface area (Å²) in [5, 5.41) is 3.44. The first-order valence-electron chi connectivity index (χ1n) is 5.98. The molecule has 0 fully saturated rings. The third-order valence-electron chi connectivity index (χ3n) is 2.97. The van der Waals surface area contributed by atoms with Gasteiger partial charge in [0, 0.05) is 51.5 Å². The maximum absolute atomic E-state index is 4.29. The van der Waals surface area contributed by atoms with E-state index >= 15 is 0 Å². The fraction of sp³-hybridized carbons (Fsp3) is 0.750. The first kappa shape index (κ1) is 13.2. The van der Waals surface area contributed by atoms with Crippen molar-refractivity contribution in [3.05, 3.63) is 18.2 Å². The Morgan fingerprint density at radius 3 is 2.75 bits per heavy atom. The molecule has 1 N–H and O–H groups in total. The molecule has 4 nitrogen and oxygen atoms in total. The largest absolute Gasteiger partial charge is 0.338 e. The van der Waals surface area contributed by atoms with Crippen LogP contribution < -0.4 is 5.32 Å². The maximum Gasteiger partial charge on any atom is 0.109 e. The Hall–Kier alpha value is -0.870. The molecule has 0 saturated carbocycles. The van der Waals surface area contributed by atoms with Crippen molar-refractivity contribution in [3.63, 3.8) is 0 Å². The van der Waals surface area contributed by atoms with Crippen molar-refractivity contribution >= 4 is 0 Å². The quantitative estimate of drug-likeness (QED) is 0.698. The maximum atomic E-state index is 4.29. The highest BCUT2D eigenvalue weighted by atomic mass is 15.1. The lowest BCUT2D eigenvalue weighted by Gasteiger charge is -2.20. The van der Waals surface area contributed by atoms with Gasteiger partial charge >= 0.3 is 0 Å². The summed E-state index contributed by atoms with van der Waals surface area (Å²) >= 11 is 0. The number of nitrogens with one attached hydrogen (secondary N) is 1. The van der Waals surface area contributed by atoms with Gasteiger partial charge in [0.2, 0.25) is 0 Å². The molecule has 0 radical (unpaired) electrons. The summed E-state index contributed by atoms with van der Waals surface area (Å²) in [5.41, 5.74) is 0. The second-order valence-corrected chi connectivity index (χ2v) is 4.53. The van der Waals surface area contributed by atoms with Crippen LogP contribution >= 0.6 is 0 Å². The molecule has 1 aromatic heterocycles. The van der Waals surface area contributed by atoms with Crippen molar-refractivity contribution in [3.8, 4) is 0 Å². The van der Waals surface area contributed by atoms with Gasteiger partial charge in [-0.2, -0.15) is 0 Å². The molecule has 4 heteroatoms. The molecule has 0 aromatic carbocycles. The van der Waals surface area contributed by atoms with Crippen LogP contribution in [-0.2, 0) is 13.5 Å². The van der Waals surface area contributed by atoms with Crippen LogP contribution in [0.1, 0.15) is 19.7 Å². The highest BCUT2D eigenvalue weighted by Crippen LogP contribution is 1.94. The van der Waals surface area contributed by atoms with Crippen LogP contribution in [0.4, 0.5) is 0 Å². The molecule has 0 aliphatic rings. The van der Waals surface area contributed by atoms with Crippen LogP contribution in [0.25, 0.3) is 0 Å². The van der Waals surface area contributed by atoms with Crippen LogP contribution in [0.3, 0.4) is 0 Å². The molecule has 0 aliphatic carbocycles. The van der Waals surface area contributed by atoms with Crippen molar-refractivity contribution in [1.29, 1.82) is 0 Å². The summed E-state index contributed by atoms with van der Waals surface area (Å²) in [7, 11) is 4.19. The molecular formula is C12H24N4. The minimum Gasteiger partial charge on any atom is -0.338 e. The van der Waals surface area contributed by atoms with Crippen molar-refractivity contribution in [2.75, 3.05) is 26.7 Å². The van der Waals surface area contributed by atoms with Gasteiger partial charge in [-0.25, -0.2) is 4.98 Å². The van der Waals surface area contributed by atoms with E-state index in [4.69, 9.17) is 0 Å². The van der Waals surface area contributed by atoms with E-state index in [0.717, 1.165) is 31.9 Å². The summed E-state index contributed by atoms with van der Waals surface area (Å²) in [5.74, 6) is 1.14. The SMILES string of the molecule is CC(C)N(C)CCNCCc1nccn1C. The van der Waals surface area contributed by atoms with E-state index in [1.54, 1.807) is 0 Å². The van der Waals surface area contributed by atoms with Crippen molar-refractivity contribution < 1.29 is 0 Å². The van der Waals surface area contributed by atoms with Gasteiger partial charge in [-0.15, -0.1) is 0 Å². The Morgan fingerprint density at radius 2 is 2.19 bits per heavy atom. The van der Waals surface area contributed by atoms with Gasteiger partial charge in [0.05, 0.1) is 0 Å². The lowest BCUT2D eigenvalue weighted by Crippen LogP contribution is -2.34. The Labute approximate surface area is 98.7 Å². The van der Waals surface area contributed by atoms with E-state index < -0.39 is 0 Å². The first-order valence-corrected chi connectivity index (χ1v) is 5.98. The summed E-state index contributed by atoms with van der Waals surface area (Å²) in [6, 6.07) is 0.622. The van der Waals surface area contributed by atoms with Crippen LogP contribution in [0.5, 0.6) is 0 Å². The molecular weight excluding hydrogens is 200 g/mol. The molecule has 1 heterocycles. The van der Waals surface area contributed by atoms with Crippen molar-refractivity contribution in [2.24, 2.45) is 7.05 Å². The van der Waals surface area contributed by atoms with Gasteiger partial charge < -0.3 is 14.8 Å². The minimum absolute atomic E-state index is 0.622. The Bertz CT molecular complexity index is 293. The molecule has 0 saturated heterocycles. The highest BCUT2D eigenvalue weighted by Gasteiger charge is 2.02. The van der Waals surface area contributed by atoms with Crippen LogP contribution in [0, 0.1) is 0 Å². The van der Waals surface area contributed by atoms with Crippen LogP contribution in [0.15, 0.2) is 12.4 Å². The van der Waals surface area contributed by atoms with Gasteiger partial charge in [0.25, 0.3) is 0 Å². The monoisotopic (exact) mass is 224 g/mol. The van der Waals surface area contributed by atoms with Gasteiger partial charge in [0.1, 0.15) is 5.82 Å². The first-order chi connectivity index (χ1) is 7.61. The Morgan fingerprint density at radius 1 is 1.44 bits per heavy atom. The normalized spacial score (nSPS) is 11.6. The Kier molecular flexibility index (Phi) is 5.49. The van der Waals surface area contributed by atoms with Gasteiger partial charge in [-0.05, 0) is 20.9 Å². The lowest BCUT2D eigenvalue weighted by molar-refractivity contribution is 0.273. The van der Waals surface area contributed by atoms with Gasteiger partial charge in [-0.3, -0.25) is 0 Å². The predicted octanol–water partition coefficient (Wildman–Crippen LogP) is 0.892. The predicted molar refractivity (Wildman–Crippen MR) is 67.5 cm³/mol. The molecule has 0 atom stereocenters. The number of aromatic nitrogens is 2. The molecule has 92 valence electrons. The van der Waals surface area contributed by atoms with E-state index in [0.29, 0.717) is 6.04 Å². The van der Waals surface area contributed by atoms with Crippen molar-refractivity contribution in [2.45, 2.75) is 26.3 Å². The zero-order valence-corrected chi connectivity index (χ0v) is 10.9. The fourth-order valence-corrected chi connectivity index (χ4v) is 1.48. The van der Waals surface area contributed by atoms with E-state index in [1.165, 1.54) is 0 Å². The second kappa shape index (κ2) is 6.66. The Balaban J connectivity index is 2.07. The van der Waals surface area contributed by atoms with E-state index in [-0.39, 0.29) is 0 Å². The third-order valence-corrected chi connectivity index (χ3v) is 2.97. The number of hydrogen-bond acceptors (Lipinski definition) is 3. The molecule has 1 rings (SSSR count).